The van der Waals surface area contributed by atoms with Crippen molar-refractivity contribution in [2.45, 2.75) is 13.2 Å². The first kappa shape index (κ1) is 13.8. The fourth-order valence-corrected chi connectivity index (χ4v) is 1.54. The Balaban J connectivity index is 0.00000169. The van der Waals surface area contributed by atoms with Crippen LogP contribution >= 0.6 is 0 Å². The van der Waals surface area contributed by atoms with Crippen molar-refractivity contribution in [1.82, 2.24) is 6.15 Å². The highest BCUT2D eigenvalue weighted by atomic mass is 32.3. The molecule has 1 heterocycles. The molecule has 0 bridgehead atoms. The zero-order valence-electron chi connectivity index (χ0n) is 7.97. The van der Waals surface area contributed by atoms with E-state index in [0.29, 0.717) is 13.2 Å². The van der Waals surface area contributed by atoms with E-state index >= 15 is 0 Å². The number of ether oxygens (including phenoxy) is 2. The molecule has 0 aromatic carbocycles. The first-order valence-electron chi connectivity index (χ1n) is 3.91. The van der Waals surface area contributed by atoms with Crippen molar-refractivity contribution in [3.8, 4) is 0 Å². The smallest absolute Gasteiger partial charge is 0.374 e. The third-order valence-electron chi connectivity index (χ3n) is 1.27. The van der Waals surface area contributed by atoms with Crippen molar-refractivity contribution in [3.63, 3.8) is 0 Å². The minimum atomic E-state index is -3.94. The van der Waals surface area contributed by atoms with Gasteiger partial charge in [-0.3, -0.25) is 0 Å². The molecule has 0 spiro atoms. The Morgan fingerprint density at radius 1 is 1.43 bits per heavy atom. The van der Waals surface area contributed by atoms with Crippen LogP contribution in [0.3, 0.4) is 0 Å². The van der Waals surface area contributed by atoms with Crippen LogP contribution in [0.1, 0.15) is 6.92 Å². The van der Waals surface area contributed by atoms with E-state index in [1.807, 2.05) is 0 Å². The minimum Gasteiger partial charge on any atom is -0.374 e. The van der Waals surface area contributed by atoms with Crippen molar-refractivity contribution < 1.29 is 26.3 Å². The van der Waals surface area contributed by atoms with Gasteiger partial charge in [-0.15, -0.1) is 0 Å². The van der Waals surface area contributed by atoms with Gasteiger partial charge in [0.2, 0.25) is 6.29 Å². The standard InChI is InChI=1S/C6H12O6S.H3N/c1-2-11-13(7,8)12-6-5-9-3-4-10-6;/h6H,2-5H2,1H3;1H3. The van der Waals surface area contributed by atoms with Gasteiger partial charge in [-0.05, 0) is 6.92 Å². The van der Waals surface area contributed by atoms with Crippen molar-refractivity contribution in [1.29, 1.82) is 0 Å². The molecular formula is C6H15NO6S. The van der Waals surface area contributed by atoms with Gasteiger partial charge in [-0.2, -0.15) is 8.42 Å². The highest BCUT2D eigenvalue weighted by Gasteiger charge is 2.22. The third kappa shape index (κ3) is 4.84. The van der Waals surface area contributed by atoms with Crippen LogP contribution in [-0.2, 0) is 28.2 Å². The predicted octanol–water partition coefficient (Wildman–Crippen LogP) is -0.181. The fourth-order valence-electron chi connectivity index (χ4n) is 0.825. The Bertz CT molecular complexity index is 235. The van der Waals surface area contributed by atoms with Gasteiger partial charge in [0.15, 0.2) is 0 Å². The first-order chi connectivity index (χ1) is 6.14. The SMILES string of the molecule is CCOS(=O)(=O)OC1COCCO1.N. The van der Waals surface area contributed by atoms with Crippen LogP contribution in [0.25, 0.3) is 0 Å². The number of rotatable bonds is 4. The van der Waals surface area contributed by atoms with Crippen molar-refractivity contribution in [3.05, 3.63) is 0 Å². The van der Waals surface area contributed by atoms with E-state index in [4.69, 9.17) is 9.47 Å². The van der Waals surface area contributed by atoms with E-state index in [1.165, 1.54) is 0 Å². The monoisotopic (exact) mass is 229 g/mol. The molecule has 14 heavy (non-hydrogen) atoms. The molecule has 1 aliphatic rings. The average molecular weight is 229 g/mol. The van der Waals surface area contributed by atoms with Crippen LogP contribution in [0.2, 0.25) is 0 Å². The Morgan fingerprint density at radius 2 is 2.14 bits per heavy atom. The van der Waals surface area contributed by atoms with Gasteiger partial charge in [0.25, 0.3) is 0 Å². The summed E-state index contributed by atoms with van der Waals surface area (Å²) >= 11 is 0. The fraction of sp³-hybridized carbons (Fsp3) is 1.00. The maximum Gasteiger partial charge on any atom is 0.402 e. The lowest BCUT2D eigenvalue weighted by Gasteiger charge is -2.21. The molecule has 1 saturated heterocycles. The molecule has 0 aromatic heterocycles. The normalized spacial score (nSPS) is 22.8. The van der Waals surface area contributed by atoms with Crippen LogP contribution in [0, 0.1) is 0 Å². The van der Waals surface area contributed by atoms with Crippen LogP contribution in [0.4, 0.5) is 0 Å². The quantitative estimate of drug-likeness (QED) is 0.712. The highest BCUT2D eigenvalue weighted by molar-refractivity contribution is 7.81. The molecule has 0 aliphatic carbocycles. The van der Waals surface area contributed by atoms with Gasteiger partial charge in [0, 0.05) is 0 Å². The summed E-state index contributed by atoms with van der Waals surface area (Å²) in [6.45, 7) is 2.47. The zero-order valence-corrected chi connectivity index (χ0v) is 8.79. The summed E-state index contributed by atoms with van der Waals surface area (Å²) in [4.78, 5) is 0. The lowest BCUT2D eigenvalue weighted by Crippen LogP contribution is -2.33. The van der Waals surface area contributed by atoms with E-state index in [-0.39, 0.29) is 19.4 Å². The maximum absolute atomic E-state index is 10.9. The summed E-state index contributed by atoms with van der Waals surface area (Å²) in [5.41, 5.74) is 0. The van der Waals surface area contributed by atoms with Crippen molar-refractivity contribution >= 4 is 10.4 Å². The summed E-state index contributed by atoms with van der Waals surface area (Å²) in [5, 5.41) is 0. The molecule has 1 unspecified atom stereocenters. The lowest BCUT2D eigenvalue weighted by molar-refractivity contribution is -0.172. The van der Waals surface area contributed by atoms with Gasteiger partial charge in [0.05, 0.1) is 26.4 Å². The van der Waals surface area contributed by atoms with Gasteiger partial charge in [0.1, 0.15) is 0 Å². The third-order valence-corrected chi connectivity index (χ3v) is 2.25. The summed E-state index contributed by atoms with van der Waals surface area (Å²) in [6.07, 6.45) is -0.884. The topological polar surface area (TPSA) is 106 Å². The van der Waals surface area contributed by atoms with Crippen LogP contribution in [-0.4, -0.2) is 41.1 Å². The molecule has 1 aliphatic heterocycles. The molecule has 1 atom stereocenters. The Labute approximate surface area is 83.2 Å². The molecule has 0 radical (unpaired) electrons. The van der Waals surface area contributed by atoms with E-state index in [1.54, 1.807) is 6.92 Å². The Kier molecular flexibility index (Phi) is 6.16. The van der Waals surface area contributed by atoms with Crippen LogP contribution in [0.5, 0.6) is 0 Å². The molecule has 0 aromatic rings. The maximum atomic E-state index is 10.9. The molecule has 0 saturated carbocycles. The van der Waals surface area contributed by atoms with Crippen LogP contribution < -0.4 is 6.15 Å². The molecule has 0 amide bonds. The van der Waals surface area contributed by atoms with Crippen LogP contribution in [0.15, 0.2) is 0 Å². The molecule has 1 fully saturated rings. The molecule has 1 rings (SSSR count). The second-order valence-electron chi connectivity index (χ2n) is 2.29. The van der Waals surface area contributed by atoms with Gasteiger partial charge in [-0.1, -0.05) is 0 Å². The largest absolute Gasteiger partial charge is 0.402 e. The summed E-state index contributed by atoms with van der Waals surface area (Å²) in [6, 6.07) is 0. The predicted molar refractivity (Wildman–Crippen MR) is 47.2 cm³/mol. The lowest BCUT2D eigenvalue weighted by atomic mass is 10.6. The van der Waals surface area contributed by atoms with Crippen molar-refractivity contribution in [2.75, 3.05) is 26.4 Å². The van der Waals surface area contributed by atoms with Crippen molar-refractivity contribution in [2.24, 2.45) is 0 Å². The molecule has 7 nitrogen and oxygen atoms in total. The number of hydrogen-bond donors (Lipinski definition) is 1. The van der Waals surface area contributed by atoms with E-state index < -0.39 is 16.7 Å². The van der Waals surface area contributed by atoms with Gasteiger partial charge < -0.3 is 15.6 Å². The van der Waals surface area contributed by atoms with E-state index in [9.17, 15) is 8.42 Å². The second-order valence-corrected chi connectivity index (χ2v) is 3.53. The summed E-state index contributed by atoms with van der Waals surface area (Å²) < 4.78 is 40.6. The molecule has 86 valence electrons. The summed E-state index contributed by atoms with van der Waals surface area (Å²) in [5.74, 6) is 0. The minimum absolute atomic E-state index is 0. The highest BCUT2D eigenvalue weighted by Crippen LogP contribution is 2.07. The number of hydrogen-bond acceptors (Lipinski definition) is 7. The second kappa shape index (κ2) is 6.27. The molecule has 3 N–H and O–H groups in total. The summed E-state index contributed by atoms with van der Waals surface area (Å²) in [7, 11) is -3.94. The Hall–Kier alpha value is -0.250. The molecular weight excluding hydrogens is 214 g/mol. The first-order valence-corrected chi connectivity index (χ1v) is 5.24. The van der Waals surface area contributed by atoms with Gasteiger partial charge in [-0.25, -0.2) is 8.37 Å². The van der Waals surface area contributed by atoms with E-state index in [0.717, 1.165) is 0 Å². The van der Waals surface area contributed by atoms with Gasteiger partial charge >= 0.3 is 10.4 Å². The zero-order chi connectivity index (χ0) is 9.73. The Morgan fingerprint density at radius 3 is 2.64 bits per heavy atom. The molecule has 8 heteroatoms. The van der Waals surface area contributed by atoms with E-state index in [2.05, 4.69) is 8.37 Å². The average Bonchev–Trinajstić information content (AvgIpc) is 2.04.